The van der Waals surface area contributed by atoms with Crippen molar-refractivity contribution in [1.82, 2.24) is 5.32 Å². The molecule has 4 aromatic rings. The van der Waals surface area contributed by atoms with Crippen molar-refractivity contribution in [2.45, 2.75) is 44.8 Å². The van der Waals surface area contributed by atoms with Crippen molar-refractivity contribution in [2.75, 3.05) is 0 Å². The molecule has 0 heterocycles. The van der Waals surface area contributed by atoms with Crippen LogP contribution < -0.4 is 5.32 Å². The number of benzene rings is 4. The Morgan fingerprint density at radius 3 is 1.85 bits per heavy atom. The Morgan fingerprint density at radius 1 is 0.780 bits per heavy atom. The summed E-state index contributed by atoms with van der Waals surface area (Å²) in [5, 5.41) is 12.0. The topological polar surface area (TPSA) is 66.4 Å². The quantitative estimate of drug-likeness (QED) is 0.209. The van der Waals surface area contributed by atoms with Crippen molar-refractivity contribution in [3.8, 4) is 0 Å². The number of carbonyl (C=O) groups is 2. The van der Waals surface area contributed by atoms with E-state index in [0.29, 0.717) is 29.7 Å². The van der Waals surface area contributed by atoms with Gasteiger partial charge in [-0.1, -0.05) is 83.9 Å². The number of halogens is 4. The summed E-state index contributed by atoms with van der Waals surface area (Å²) < 4.78 is 54.4. The lowest BCUT2D eigenvalue weighted by molar-refractivity contribution is -0.140. The number of aliphatic carboxylic acids is 1. The zero-order valence-corrected chi connectivity index (χ0v) is 22.6. The highest BCUT2D eigenvalue weighted by atomic mass is 19.4. The van der Waals surface area contributed by atoms with Crippen molar-refractivity contribution in [2.24, 2.45) is 0 Å². The zero-order chi connectivity index (χ0) is 29.8. The SMILES string of the molecule is Cc1cccc(C(Cc2ccc(CCC(=O)O)cc2)(NC(=O)c2ccc(F)c(C(F)(F)F)c2)c2cccc(C)c2)c1. The smallest absolute Gasteiger partial charge is 0.419 e. The molecule has 4 rings (SSSR count). The van der Waals surface area contributed by atoms with Crippen LogP contribution in [0, 0.1) is 19.7 Å². The van der Waals surface area contributed by atoms with Crippen molar-refractivity contribution >= 4 is 11.9 Å². The van der Waals surface area contributed by atoms with E-state index in [-0.39, 0.29) is 18.4 Å². The van der Waals surface area contributed by atoms with Gasteiger partial charge in [0.2, 0.25) is 0 Å². The van der Waals surface area contributed by atoms with E-state index in [9.17, 15) is 27.2 Å². The average Bonchev–Trinajstić information content (AvgIpc) is 2.91. The van der Waals surface area contributed by atoms with E-state index in [1.54, 1.807) is 0 Å². The largest absolute Gasteiger partial charge is 0.481 e. The molecule has 0 spiro atoms. The number of aryl methyl sites for hydroxylation is 3. The van der Waals surface area contributed by atoms with Gasteiger partial charge in [0.15, 0.2) is 0 Å². The Kier molecular flexibility index (Phi) is 8.61. The van der Waals surface area contributed by atoms with Gasteiger partial charge in [-0.15, -0.1) is 0 Å². The third-order valence-electron chi connectivity index (χ3n) is 7.00. The molecule has 0 saturated heterocycles. The van der Waals surface area contributed by atoms with Crippen molar-refractivity contribution in [3.63, 3.8) is 0 Å². The van der Waals surface area contributed by atoms with E-state index in [0.717, 1.165) is 28.3 Å². The summed E-state index contributed by atoms with van der Waals surface area (Å²) in [7, 11) is 0. The maximum absolute atomic E-state index is 14.0. The fraction of sp³-hybridized carbons (Fsp3) is 0.212. The van der Waals surface area contributed by atoms with Gasteiger partial charge in [-0.2, -0.15) is 13.2 Å². The average molecular weight is 564 g/mol. The van der Waals surface area contributed by atoms with E-state index < -0.39 is 35.0 Å². The summed E-state index contributed by atoms with van der Waals surface area (Å²) in [6.07, 6.45) is -4.38. The van der Waals surface area contributed by atoms with E-state index in [2.05, 4.69) is 5.32 Å². The molecular formula is C33H29F4NO3. The second kappa shape index (κ2) is 12.0. The second-order valence-electron chi connectivity index (χ2n) is 10.2. The first-order chi connectivity index (χ1) is 19.4. The molecule has 1 amide bonds. The van der Waals surface area contributed by atoms with E-state index in [4.69, 9.17) is 5.11 Å². The Bertz CT molecular complexity index is 1520. The van der Waals surface area contributed by atoms with Crippen LogP contribution in [0.2, 0.25) is 0 Å². The number of carboxylic acid groups (broad SMARTS) is 1. The summed E-state index contributed by atoms with van der Waals surface area (Å²) >= 11 is 0. The molecule has 212 valence electrons. The minimum Gasteiger partial charge on any atom is -0.481 e. The molecule has 0 aliphatic carbocycles. The maximum atomic E-state index is 14.0. The number of carbonyl (C=O) groups excluding carboxylic acids is 1. The first-order valence-electron chi connectivity index (χ1n) is 13.0. The van der Waals surface area contributed by atoms with Gasteiger partial charge in [-0.05, 0) is 60.7 Å². The van der Waals surface area contributed by atoms with Crippen molar-refractivity contribution < 1.29 is 32.3 Å². The van der Waals surface area contributed by atoms with Gasteiger partial charge in [-0.25, -0.2) is 4.39 Å². The van der Waals surface area contributed by atoms with Crippen molar-refractivity contribution in [1.29, 1.82) is 0 Å². The standard InChI is InChI=1S/C33H29F4NO3/c1-21-5-3-7-26(17-21)32(27-8-4-6-22(2)18-27,20-24-11-9-23(10-12-24)13-16-30(39)40)38-31(41)25-14-15-29(34)28(19-25)33(35,36)37/h3-12,14-15,17-19H,13,16,20H2,1-2H3,(H,38,41)(H,39,40). The van der Waals surface area contributed by atoms with Gasteiger partial charge in [0.25, 0.3) is 5.91 Å². The highest BCUT2D eigenvalue weighted by Crippen LogP contribution is 2.36. The monoisotopic (exact) mass is 563 g/mol. The molecule has 2 N–H and O–H groups in total. The predicted molar refractivity (Wildman–Crippen MR) is 148 cm³/mol. The molecule has 0 radical (unpaired) electrons. The molecular weight excluding hydrogens is 534 g/mol. The fourth-order valence-electron chi connectivity index (χ4n) is 4.91. The minimum absolute atomic E-state index is 0.0104. The Labute approximate surface area is 235 Å². The van der Waals surface area contributed by atoms with Crippen LogP contribution in [-0.2, 0) is 29.4 Å². The Balaban J connectivity index is 1.85. The number of amides is 1. The van der Waals surface area contributed by atoms with E-state index in [1.165, 1.54) is 0 Å². The molecule has 0 unspecified atom stereocenters. The molecule has 0 aromatic heterocycles. The number of rotatable bonds is 9. The third-order valence-corrected chi connectivity index (χ3v) is 7.00. The van der Waals surface area contributed by atoms with Crippen LogP contribution in [0.5, 0.6) is 0 Å². The molecule has 4 aromatic carbocycles. The maximum Gasteiger partial charge on any atom is 0.419 e. The minimum atomic E-state index is -4.97. The van der Waals surface area contributed by atoms with E-state index in [1.807, 2.05) is 86.6 Å². The molecule has 0 saturated carbocycles. The van der Waals surface area contributed by atoms with Crippen LogP contribution in [0.25, 0.3) is 0 Å². The van der Waals surface area contributed by atoms with Crippen molar-refractivity contribution in [3.05, 3.63) is 141 Å². The molecule has 8 heteroatoms. The van der Waals surface area contributed by atoms with Gasteiger partial charge < -0.3 is 10.4 Å². The number of nitrogens with one attached hydrogen (secondary N) is 1. The molecule has 4 nitrogen and oxygen atoms in total. The Morgan fingerprint density at radius 2 is 1.34 bits per heavy atom. The summed E-state index contributed by atoms with van der Waals surface area (Å²) in [6.45, 7) is 3.80. The molecule has 0 bridgehead atoms. The fourth-order valence-corrected chi connectivity index (χ4v) is 4.91. The lowest BCUT2D eigenvalue weighted by Gasteiger charge is -2.37. The van der Waals surface area contributed by atoms with Gasteiger partial charge in [0.1, 0.15) is 5.82 Å². The number of hydrogen-bond donors (Lipinski definition) is 2. The van der Waals surface area contributed by atoms with Crippen LogP contribution in [0.3, 0.4) is 0 Å². The summed E-state index contributed by atoms with van der Waals surface area (Å²) in [5.74, 6) is -3.15. The highest BCUT2D eigenvalue weighted by molar-refractivity contribution is 5.95. The number of carboxylic acids is 1. The Hall–Kier alpha value is -4.46. The number of hydrogen-bond acceptors (Lipinski definition) is 2. The van der Waals surface area contributed by atoms with Crippen LogP contribution in [0.4, 0.5) is 17.6 Å². The van der Waals surface area contributed by atoms with Crippen LogP contribution in [0.1, 0.15) is 55.7 Å². The zero-order valence-electron chi connectivity index (χ0n) is 22.6. The third kappa shape index (κ3) is 7.01. The molecule has 0 aliphatic heterocycles. The first kappa shape index (κ1) is 29.5. The first-order valence-corrected chi connectivity index (χ1v) is 13.0. The molecule has 0 aliphatic rings. The molecule has 0 fully saturated rings. The van der Waals surface area contributed by atoms with Crippen LogP contribution in [-0.4, -0.2) is 17.0 Å². The molecule has 0 atom stereocenters. The van der Waals surface area contributed by atoms with Gasteiger partial charge in [0.05, 0.1) is 11.1 Å². The summed E-state index contributed by atoms with van der Waals surface area (Å²) in [6, 6.07) is 24.6. The van der Waals surface area contributed by atoms with Crippen LogP contribution >= 0.6 is 0 Å². The van der Waals surface area contributed by atoms with Gasteiger partial charge in [-0.3, -0.25) is 9.59 Å². The number of alkyl halides is 3. The van der Waals surface area contributed by atoms with Gasteiger partial charge >= 0.3 is 12.1 Å². The predicted octanol–water partition coefficient (Wildman–Crippen LogP) is 7.39. The van der Waals surface area contributed by atoms with E-state index >= 15 is 0 Å². The second-order valence-corrected chi connectivity index (χ2v) is 10.2. The van der Waals surface area contributed by atoms with Crippen LogP contribution in [0.15, 0.2) is 91.0 Å². The van der Waals surface area contributed by atoms with Gasteiger partial charge in [0, 0.05) is 18.4 Å². The highest BCUT2D eigenvalue weighted by Gasteiger charge is 2.38. The lowest BCUT2D eigenvalue weighted by Crippen LogP contribution is -2.48. The summed E-state index contributed by atoms with van der Waals surface area (Å²) in [5.41, 5.74) is 1.84. The molecule has 41 heavy (non-hydrogen) atoms. The summed E-state index contributed by atoms with van der Waals surface area (Å²) in [4.78, 5) is 24.7. The normalized spacial score (nSPS) is 11.8. The lowest BCUT2D eigenvalue weighted by atomic mass is 9.76.